The van der Waals surface area contributed by atoms with Crippen molar-refractivity contribution in [1.82, 2.24) is 10.5 Å². The molecule has 1 unspecified atom stereocenters. The van der Waals surface area contributed by atoms with E-state index in [0.29, 0.717) is 43.0 Å². The van der Waals surface area contributed by atoms with Gasteiger partial charge in [-0.15, -0.1) is 0 Å². The molecule has 7 nitrogen and oxygen atoms in total. The number of anilines is 1. The van der Waals surface area contributed by atoms with E-state index < -0.39 is 11.5 Å². The molecule has 2 aliphatic carbocycles. The third-order valence-electron chi connectivity index (χ3n) is 8.11. The molecule has 1 atom stereocenters. The highest BCUT2D eigenvalue weighted by atomic mass is 19.1. The summed E-state index contributed by atoms with van der Waals surface area (Å²) in [4.78, 5) is 26.6. The van der Waals surface area contributed by atoms with Gasteiger partial charge in [-0.1, -0.05) is 43.3 Å². The number of allylic oxidation sites excluding steroid dienone is 1. The lowest BCUT2D eigenvalue weighted by Gasteiger charge is -2.34. The Bertz CT molecular complexity index is 1140. The molecule has 1 saturated heterocycles. The molecule has 1 saturated carbocycles. The first-order valence-corrected chi connectivity index (χ1v) is 13.1. The number of amides is 2. The largest absolute Gasteiger partial charge is 0.381 e. The molecule has 1 spiro atoms. The third kappa shape index (κ3) is 4.83. The monoisotopic (exact) mass is 495 g/mol. The Balaban J connectivity index is 1.36. The number of carbonyl (C=O) groups is 2. The molecule has 2 heterocycles. The van der Waals surface area contributed by atoms with Crippen LogP contribution in [0.5, 0.6) is 0 Å². The van der Waals surface area contributed by atoms with Crippen LogP contribution in [0, 0.1) is 12.8 Å². The molecule has 3 aliphatic rings. The highest BCUT2D eigenvalue weighted by Crippen LogP contribution is 2.49. The lowest BCUT2D eigenvalue weighted by Crippen LogP contribution is -2.48. The normalized spacial score (nSPS) is 20.7. The van der Waals surface area contributed by atoms with Crippen LogP contribution in [-0.2, 0) is 14.9 Å². The van der Waals surface area contributed by atoms with Gasteiger partial charge >= 0.3 is 0 Å². The molecular weight excluding hydrogens is 461 g/mol. The van der Waals surface area contributed by atoms with Crippen LogP contribution >= 0.6 is 0 Å². The van der Waals surface area contributed by atoms with Gasteiger partial charge < -0.3 is 19.9 Å². The summed E-state index contributed by atoms with van der Waals surface area (Å²) in [6, 6.07) is 4.90. The van der Waals surface area contributed by atoms with Gasteiger partial charge in [0.25, 0.3) is 5.91 Å². The Labute approximate surface area is 210 Å². The molecule has 1 aromatic heterocycles. The van der Waals surface area contributed by atoms with Gasteiger partial charge in [0.2, 0.25) is 5.91 Å². The first-order chi connectivity index (χ1) is 17.5. The fraction of sp³-hybridized carbons (Fsp3) is 0.536. The maximum absolute atomic E-state index is 15.1. The number of hydrogen-bond acceptors (Lipinski definition) is 5. The maximum Gasteiger partial charge on any atom is 0.257 e. The lowest BCUT2D eigenvalue weighted by atomic mass is 9.75. The summed E-state index contributed by atoms with van der Waals surface area (Å²) in [6.07, 6.45) is 11.4. The second-order valence-corrected chi connectivity index (χ2v) is 10.3. The lowest BCUT2D eigenvalue weighted by molar-refractivity contribution is -0.119. The van der Waals surface area contributed by atoms with E-state index in [9.17, 15) is 9.59 Å². The van der Waals surface area contributed by atoms with Gasteiger partial charge in [0.1, 0.15) is 23.7 Å². The average molecular weight is 496 g/mol. The van der Waals surface area contributed by atoms with Crippen molar-refractivity contribution in [2.24, 2.45) is 5.92 Å². The summed E-state index contributed by atoms with van der Waals surface area (Å²) in [5.74, 6) is -0.720. The van der Waals surface area contributed by atoms with Crippen LogP contribution in [0.15, 0.2) is 34.8 Å². The SMILES string of the molecule is Cc1nocc1C(=O)NC(C(=O)Nc1ccc2c(c1)C=C(F)C21CCOCC1)C1CCCCCCC1. The van der Waals surface area contributed by atoms with Crippen molar-refractivity contribution in [2.45, 2.75) is 76.2 Å². The first-order valence-electron chi connectivity index (χ1n) is 13.1. The summed E-state index contributed by atoms with van der Waals surface area (Å²) >= 11 is 0. The van der Waals surface area contributed by atoms with Gasteiger partial charge in [-0.2, -0.15) is 0 Å². The topological polar surface area (TPSA) is 93.5 Å². The number of ether oxygens (including phenoxy) is 1. The van der Waals surface area contributed by atoms with Gasteiger partial charge in [-0.3, -0.25) is 9.59 Å². The highest BCUT2D eigenvalue weighted by Gasteiger charge is 2.43. The van der Waals surface area contributed by atoms with E-state index in [0.717, 1.165) is 49.7 Å². The van der Waals surface area contributed by atoms with Crippen LogP contribution < -0.4 is 10.6 Å². The van der Waals surface area contributed by atoms with E-state index in [4.69, 9.17) is 9.26 Å². The minimum atomic E-state index is -0.688. The number of halogens is 1. The van der Waals surface area contributed by atoms with Gasteiger partial charge in [-0.05, 0) is 67.9 Å². The number of carbonyl (C=O) groups excluding carboxylic acids is 2. The molecule has 0 bridgehead atoms. The zero-order valence-corrected chi connectivity index (χ0v) is 20.8. The van der Waals surface area contributed by atoms with Crippen LogP contribution in [0.2, 0.25) is 0 Å². The Morgan fingerprint density at radius 3 is 2.53 bits per heavy atom. The van der Waals surface area contributed by atoms with Crippen molar-refractivity contribution in [3.8, 4) is 0 Å². The summed E-state index contributed by atoms with van der Waals surface area (Å²) in [7, 11) is 0. The van der Waals surface area contributed by atoms with E-state index in [-0.39, 0.29) is 23.6 Å². The Morgan fingerprint density at radius 1 is 1.11 bits per heavy atom. The molecule has 1 aliphatic heterocycles. The fourth-order valence-corrected chi connectivity index (χ4v) is 5.99. The van der Waals surface area contributed by atoms with E-state index in [1.807, 2.05) is 18.2 Å². The number of hydrogen-bond donors (Lipinski definition) is 2. The van der Waals surface area contributed by atoms with Crippen molar-refractivity contribution < 1.29 is 23.2 Å². The molecule has 2 amide bonds. The number of aromatic nitrogens is 1. The van der Waals surface area contributed by atoms with Gasteiger partial charge in [-0.25, -0.2) is 4.39 Å². The first kappa shape index (κ1) is 24.7. The smallest absolute Gasteiger partial charge is 0.257 e. The van der Waals surface area contributed by atoms with Gasteiger partial charge in [0.05, 0.1) is 11.1 Å². The number of fused-ring (bicyclic) bond motifs is 2. The van der Waals surface area contributed by atoms with Gasteiger partial charge in [0.15, 0.2) is 0 Å². The molecule has 5 rings (SSSR count). The molecule has 36 heavy (non-hydrogen) atoms. The van der Waals surface area contributed by atoms with E-state index in [1.54, 1.807) is 13.0 Å². The van der Waals surface area contributed by atoms with Crippen LogP contribution in [0.1, 0.15) is 85.0 Å². The maximum atomic E-state index is 15.1. The highest BCUT2D eigenvalue weighted by molar-refractivity contribution is 6.01. The predicted molar refractivity (Wildman–Crippen MR) is 134 cm³/mol. The van der Waals surface area contributed by atoms with E-state index >= 15 is 4.39 Å². The van der Waals surface area contributed by atoms with Crippen molar-refractivity contribution in [3.63, 3.8) is 0 Å². The number of nitrogens with one attached hydrogen (secondary N) is 2. The average Bonchev–Trinajstić information content (AvgIpc) is 3.39. The summed E-state index contributed by atoms with van der Waals surface area (Å²) < 4.78 is 25.5. The molecule has 8 heteroatoms. The number of benzene rings is 1. The van der Waals surface area contributed by atoms with Crippen LogP contribution in [0.3, 0.4) is 0 Å². The quantitative estimate of drug-likeness (QED) is 0.575. The van der Waals surface area contributed by atoms with E-state index in [1.165, 1.54) is 12.7 Å². The molecule has 2 fully saturated rings. The summed E-state index contributed by atoms with van der Waals surface area (Å²) in [5.41, 5.74) is 2.55. The molecular formula is C28H34FN3O4. The molecule has 1 aromatic carbocycles. The second kappa shape index (κ2) is 10.5. The Hall–Kier alpha value is -3.00. The number of nitrogens with zero attached hydrogens (tertiary/aromatic N) is 1. The Kier molecular flexibility index (Phi) is 7.23. The molecule has 192 valence electrons. The fourth-order valence-electron chi connectivity index (χ4n) is 5.99. The zero-order chi connectivity index (χ0) is 25.1. The standard InChI is InChI=1S/C28H34FN3O4/c1-18-22(17-36-32-18)26(33)31-25(19-7-5-3-2-4-6-8-19)27(34)30-21-9-10-23-20(15-21)16-24(29)28(23)11-13-35-14-12-28/h9-10,15-17,19,25H,2-8,11-14H2,1H3,(H,30,34)(H,31,33). The van der Waals surface area contributed by atoms with Crippen LogP contribution in [0.4, 0.5) is 10.1 Å². The Morgan fingerprint density at radius 2 is 1.83 bits per heavy atom. The van der Waals surface area contributed by atoms with Crippen molar-refractivity contribution in [2.75, 3.05) is 18.5 Å². The minimum Gasteiger partial charge on any atom is -0.381 e. The van der Waals surface area contributed by atoms with Crippen molar-refractivity contribution in [3.05, 3.63) is 52.7 Å². The van der Waals surface area contributed by atoms with Crippen LogP contribution in [-0.4, -0.2) is 36.2 Å². The summed E-state index contributed by atoms with van der Waals surface area (Å²) in [5, 5.41) is 9.77. The third-order valence-corrected chi connectivity index (χ3v) is 8.11. The second-order valence-electron chi connectivity index (χ2n) is 10.3. The van der Waals surface area contributed by atoms with Crippen molar-refractivity contribution >= 4 is 23.6 Å². The summed E-state index contributed by atoms with van der Waals surface area (Å²) in [6.45, 7) is 2.77. The van der Waals surface area contributed by atoms with Crippen molar-refractivity contribution in [1.29, 1.82) is 0 Å². The van der Waals surface area contributed by atoms with E-state index in [2.05, 4.69) is 15.8 Å². The minimum absolute atomic E-state index is 0.0340. The number of rotatable bonds is 5. The molecule has 2 N–H and O–H groups in total. The van der Waals surface area contributed by atoms with Gasteiger partial charge in [0, 0.05) is 18.9 Å². The predicted octanol–water partition coefficient (Wildman–Crippen LogP) is 5.45. The van der Waals surface area contributed by atoms with Crippen LogP contribution in [0.25, 0.3) is 6.08 Å². The molecule has 0 radical (unpaired) electrons. The number of aryl methyl sites for hydroxylation is 1. The molecule has 2 aromatic rings. The zero-order valence-electron chi connectivity index (χ0n) is 20.8.